The lowest BCUT2D eigenvalue weighted by Crippen LogP contribution is -2.41. The topological polar surface area (TPSA) is 57.3 Å². The summed E-state index contributed by atoms with van der Waals surface area (Å²) in [4.78, 5) is 9.23. The van der Waals surface area contributed by atoms with Crippen LogP contribution in [0.1, 0.15) is 11.1 Å². The molecule has 1 fully saturated rings. The molecule has 6 heteroatoms. The van der Waals surface area contributed by atoms with Crippen LogP contribution >= 0.6 is 0 Å². The first kappa shape index (κ1) is 18.8. The molecule has 1 saturated heterocycles. The molecular weight excluding hydrogens is 350 g/mol. The molecule has 1 aromatic carbocycles. The van der Waals surface area contributed by atoms with E-state index in [0.717, 1.165) is 58.2 Å². The van der Waals surface area contributed by atoms with Gasteiger partial charge in [-0.15, -0.1) is 0 Å². The van der Waals surface area contributed by atoms with Crippen LogP contribution in [0, 0.1) is 0 Å². The molecule has 2 aromatic heterocycles. The second-order valence-corrected chi connectivity index (χ2v) is 7.16. The van der Waals surface area contributed by atoms with E-state index in [9.17, 15) is 0 Å². The molecule has 1 aliphatic rings. The monoisotopic (exact) mass is 377 g/mol. The minimum Gasteiger partial charge on any atom is -0.379 e. The van der Waals surface area contributed by atoms with E-state index in [4.69, 9.17) is 4.74 Å². The Kier molecular flexibility index (Phi) is 6.44. The summed E-state index contributed by atoms with van der Waals surface area (Å²) in [6.45, 7) is 7.46. The normalized spacial score (nSPS) is 15.2. The summed E-state index contributed by atoms with van der Waals surface area (Å²) in [5.41, 5.74) is 4.72. The van der Waals surface area contributed by atoms with Crippen molar-refractivity contribution in [2.24, 2.45) is 0 Å². The van der Waals surface area contributed by atoms with Crippen molar-refractivity contribution < 1.29 is 4.74 Å². The van der Waals surface area contributed by atoms with Gasteiger partial charge < -0.3 is 4.74 Å². The molecule has 28 heavy (non-hydrogen) atoms. The average molecular weight is 377 g/mol. The molecule has 6 nitrogen and oxygen atoms in total. The predicted molar refractivity (Wildman–Crippen MR) is 110 cm³/mol. The van der Waals surface area contributed by atoms with Crippen molar-refractivity contribution in [3.05, 3.63) is 72.2 Å². The molecule has 1 aliphatic heterocycles. The van der Waals surface area contributed by atoms with E-state index in [-0.39, 0.29) is 0 Å². The zero-order valence-corrected chi connectivity index (χ0v) is 16.1. The SMILES string of the molecule is c1ccc(-c2[nH]ncc2CN(CCN2CCOCC2)Cc2cccnc2)cc1. The number of aromatic nitrogens is 3. The molecule has 0 saturated carbocycles. The van der Waals surface area contributed by atoms with Crippen LogP contribution in [0.5, 0.6) is 0 Å². The van der Waals surface area contributed by atoms with Crippen LogP contribution in [0.15, 0.2) is 61.1 Å². The fourth-order valence-corrected chi connectivity index (χ4v) is 3.60. The summed E-state index contributed by atoms with van der Waals surface area (Å²) in [5.74, 6) is 0. The maximum Gasteiger partial charge on any atom is 0.0695 e. The molecule has 146 valence electrons. The number of benzene rings is 1. The maximum atomic E-state index is 5.48. The zero-order chi connectivity index (χ0) is 19.0. The molecule has 4 rings (SSSR count). The lowest BCUT2D eigenvalue weighted by molar-refractivity contribution is 0.0325. The Morgan fingerprint density at radius 1 is 1.00 bits per heavy atom. The molecule has 0 atom stereocenters. The minimum atomic E-state index is 0.836. The molecule has 0 spiro atoms. The third-order valence-electron chi connectivity index (χ3n) is 5.14. The van der Waals surface area contributed by atoms with Gasteiger partial charge in [-0.05, 0) is 17.2 Å². The van der Waals surface area contributed by atoms with Crippen LogP contribution in [0.25, 0.3) is 11.3 Å². The van der Waals surface area contributed by atoms with Gasteiger partial charge in [-0.3, -0.25) is 19.9 Å². The standard InChI is InChI=1S/C22H27N5O/c1-2-6-20(7-3-1)22-21(16-24-25-22)18-27(17-19-5-4-8-23-15-19)10-9-26-11-13-28-14-12-26/h1-8,15-16H,9-14,17-18H2,(H,24,25). The average Bonchev–Trinajstić information content (AvgIpc) is 3.22. The minimum absolute atomic E-state index is 0.836. The smallest absolute Gasteiger partial charge is 0.0695 e. The Morgan fingerprint density at radius 2 is 1.86 bits per heavy atom. The first-order valence-electron chi connectivity index (χ1n) is 9.87. The van der Waals surface area contributed by atoms with Crippen molar-refractivity contribution >= 4 is 0 Å². The summed E-state index contributed by atoms with van der Waals surface area (Å²) < 4.78 is 5.48. The molecule has 3 aromatic rings. The van der Waals surface area contributed by atoms with Gasteiger partial charge in [-0.1, -0.05) is 36.4 Å². The Bertz CT molecular complexity index is 830. The molecule has 3 heterocycles. The number of morpholine rings is 1. The van der Waals surface area contributed by atoms with Gasteiger partial charge in [0.1, 0.15) is 0 Å². The number of aromatic amines is 1. The zero-order valence-electron chi connectivity index (χ0n) is 16.1. The Balaban J connectivity index is 1.48. The highest BCUT2D eigenvalue weighted by Crippen LogP contribution is 2.22. The van der Waals surface area contributed by atoms with Crippen LogP contribution < -0.4 is 0 Å². The molecule has 0 unspecified atom stereocenters. The van der Waals surface area contributed by atoms with Crippen molar-refractivity contribution in [3.8, 4) is 11.3 Å². The fourth-order valence-electron chi connectivity index (χ4n) is 3.60. The lowest BCUT2D eigenvalue weighted by atomic mass is 10.1. The van der Waals surface area contributed by atoms with Gasteiger partial charge in [0.15, 0.2) is 0 Å². The largest absolute Gasteiger partial charge is 0.379 e. The van der Waals surface area contributed by atoms with E-state index in [2.05, 4.69) is 55.3 Å². The van der Waals surface area contributed by atoms with Crippen LogP contribution in [-0.4, -0.2) is 64.4 Å². The van der Waals surface area contributed by atoms with E-state index in [1.165, 1.54) is 16.7 Å². The summed E-state index contributed by atoms with van der Waals surface area (Å²) >= 11 is 0. The summed E-state index contributed by atoms with van der Waals surface area (Å²) in [5, 5.41) is 7.50. The van der Waals surface area contributed by atoms with Crippen molar-refractivity contribution in [2.45, 2.75) is 13.1 Å². The van der Waals surface area contributed by atoms with Crippen molar-refractivity contribution in [2.75, 3.05) is 39.4 Å². The van der Waals surface area contributed by atoms with E-state index in [0.29, 0.717) is 0 Å². The third-order valence-corrected chi connectivity index (χ3v) is 5.14. The highest BCUT2D eigenvalue weighted by molar-refractivity contribution is 5.62. The van der Waals surface area contributed by atoms with Gasteiger partial charge >= 0.3 is 0 Å². The number of hydrogen-bond donors (Lipinski definition) is 1. The van der Waals surface area contributed by atoms with Gasteiger partial charge in [0, 0.05) is 57.2 Å². The Hall–Kier alpha value is -2.54. The summed E-state index contributed by atoms with van der Waals surface area (Å²) in [6, 6.07) is 14.5. The summed E-state index contributed by atoms with van der Waals surface area (Å²) in [7, 11) is 0. The number of H-pyrrole nitrogens is 1. The first-order chi connectivity index (χ1) is 13.9. The van der Waals surface area contributed by atoms with Gasteiger partial charge in [-0.25, -0.2) is 0 Å². The number of pyridine rings is 1. The number of rotatable bonds is 8. The van der Waals surface area contributed by atoms with Gasteiger partial charge in [0.2, 0.25) is 0 Å². The van der Waals surface area contributed by atoms with Crippen molar-refractivity contribution in [1.29, 1.82) is 0 Å². The number of nitrogens with zero attached hydrogens (tertiary/aromatic N) is 4. The number of hydrogen-bond acceptors (Lipinski definition) is 5. The van der Waals surface area contributed by atoms with E-state index >= 15 is 0 Å². The van der Waals surface area contributed by atoms with Gasteiger partial charge in [0.05, 0.1) is 25.1 Å². The third kappa shape index (κ3) is 5.04. The lowest BCUT2D eigenvalue weighted by Gasteiger charge is -2.30. The molecular formula is C22H27N5O. The molecule has 1 N–H and O–H groups in total. The fraction of sp³-hybridized carbons (Fsp3) is 0.364. The first-order valence-corrected chi connectivity index (χ1v) is 9.87. The Morgan fingerprint density at radius 3 is 2.64 bits per heavy atom. The van der Waals surface area contributed by atoms with Gasteiger partial charge in [0.25, 0.3) is 0 Å². The maximum absolute atomic E-state index is 5.48. The number of nitrogens with one attached hydrogen (secondary N) is 1. The van der Waals surface area contributed by atoms with Crippen molar-refractivity contribution in [3.63, 3.8) is 0 Å². The second kappa shape index (κ2) is 9.59. The highest BCUT2D eigenvalue weighted by atomic mass is 16.5. The van der Waals surface area contributed by atoms with Crippen LogP contribution in [0.4, 0.5) is 0 Å². The van der Waals surface area contributed by atoms with Gasteiger partial charge in [-0.2, -0.15) is 5.10 Å². The van der Waals surface area contributed by atoms with E-state index in [1.807, 2.05) is 30.7 Å². The second-order valence-electron chi connectivity index (χ2n) is 7.16. The predicted octanol–water partition coefficient (Wildman–Crippen LogP) is 2.81. The highest BCUT2D eigenvalue weighted by Gasteiger charge is 2.16. The quantitative estimate of drug-likeness (QED) is 0.654. The molecule has 0 aliphatic carbocycles. The van der Waals surface area contributed by atoms with Crippen LogP contribution in [0.2, 0.25) is 0 Å². The number of ether oxygens (including phenoxy) is 1. The Labute approximate surface area is 166 Å². The van der Waals surface area contributed by atoms with Crippen molar-refractivity contribution in [1.82, 2.24) is 25.0 Å². The van der Waals surface area contributed by atoms with E-state index < -0.39 is 0 Å². The molecule has 0 radical (unpaired) electrons. The summed E-state index contributed by atoms with van der Waals surface area (Å²) in [6.07, 6.45) is 5.73. The molecule has 0 amide bonds. The molecule has 0 bridgehead atoms. The van der Waals surface area contributed by atoms with Crippen LogP contribution in [0.3, 0.4) is 0 Å². The van der Waals surface area contributed by atoms with E-state index in [1.54, 1.807) is 0 Å². The van der Waals surface area contributed by atoms with Crippen LogP contribution in [-0.2, 0) is 17.8 Å².